The number of nitrogens with one attached hydrogen (secondary N) is 1. The molecule has 0 unspecified atom stereocenters. The number of nitrogens with zero attached hydrogens (tertiary/aromatic N) is 6. The van der Waals surface area contributed by atoms with Gasteiger partial charge in [-0.15, -0.1) is 10.2 Å². The van der Waals surface area contributed by atoms with Crippen molar-refractivity contribution in [1.82, 2.24) is 35.4 Å². The summed E-state index contributed by atoms with van der Waals surface area (Å²) in [6, 6.07) is 29.1. The predicted molar refractivity (Wildman–Crippen MR) is 137 cm³/mol. The summed E-state index contributed by atoms with van der Waals surface area (Å²) in [5.41, 5.74) is 9.42. The molecule has 0 aliphatic heterocycles. The lowest BCUT2D eigenvalue weighted by molar-refractivity contribution is 0.714. The first-order valence-electron chi connectivity index (χ1n) is 11.5. The summed E-state index contributed by atoms with van der Waals surface area (Å²) in [7, 11) is 0. The maximum Gasteiger partial charge on any atom is 0.205 e. The Kier molecular flexibility index (Phi) is 5.15. The summed E-state index contributed by atoms with van der Waals surface area (Å²) in [6.07, 6.45) is 0. The Morgan fingerprint density at radius 2 is 1.54 bits per heavy atom. The van der Waals surface area contributed by atoms with Crippen LogP contribution in [0.4, 0.5) is 0 Å². The maximum atomic E-state index is 5.03. The quantitative estimate of drug-likeness (QED) is 0.364. The number of hydrogen-bond donors (Lipinski definition) is 1. The highest BCUT2D eigenvalue weighted by molar-refractivity contribution is 5.95. The zero-order chi connectivity index (χ0) is 23.8. The highest BCUT2D eigenvalue weighted by atomic mass is 15.5. The molecule has 0 saturated carbocycles. The predicted octanol–water partition coefficient (Wildman–Crippen LogP) is 5.61. The number of benzene rings is 3. The number of tetrazole rings is 1. The molecule has 3 aromatic carbocycles. The van der Waals surface area contributed by atoms with Crippen LogP contribution in [0.1, 0.15) is 17.0 Å². The molecule has 0 fully saturated rings. The molecule has 0 aliphatic carbocycles. The van der Waals surface area contributed by atoms with Crippen LogP contribution in [-0.2, 0) is 6.54 Å². The summed E-state index contributed by atoms with van der Waals surface area (Å²) in [4.78, 5) is 4.71. The molecule has 0 atom stereocenters. The molecule has 0 amide bonds. The SMILES string of the molecule is Cc1cc2c(c(C)n1)c(-c1ccccc1)nn2Cc1ccc(-c2ccccc2-c2nn[nH]n2)cc1. The lowest BCUT2D eigenvalue weighted by Crippen LogP contribution is -2.02. The number of aromatic nitrogens is 7. The van der Waals surface area contributed by atoms with Gasteiger partial charge in [0, 0.05) is 27.9 Å². The Labute approximate surface area is 202 Å². The normalized spacial score (nSPS) is 11.3. The first-order valence-corrected chi connectivity index (χ1v) is 11.5. The van der Waals surface area contributed by atoms with E-state index in [4.69, 9.17) is 10.1 Å². The molecule has 35 heavy (non-hydrogen) atoms. The summed E-state index contributed by atoms with van der Waals surface area (Å²) in [6.45, 7) is 4.75. The van der Waals surface area contributed by atoms with Crippen LogP contribution in [0.15, 0.2) is 84.9 Å². The standard InChI is InChI=1S/C28H23N7/c1-18-16-25-26(19(2)29-18)27(22-8-4-3-5-9-22)32-35(25)17-20-12-14-21(15-13-20)23-10-6-7-11-24(23)28-30-33-34-31-28/h3-16H,17H2,1-2H3,(H,30,31,33,34). The van der Waals surface area contributed by atoms with E-state index in [0.29, 0.717) is 12.4 Å². The van der Waals surface area contributed by atoms with Gasteiger partial charge in [0.05, 0.1) is 12.1 Å². The number of rotatable bonds is 5. The minimum absolute atomic E-state index is 0.584. The van der Waals surface area contributed by atoms with E-state index < -0.39 is 0 Å². The van der Waals surface area contributed by atoms with Crippen molar-refractivity contribution in [3.05, 3.63) is 102 Å². The molecule has 3 heterocycles. The van der Waals surface area contributed by atoms with Gasteiger partial charge in [-0.05, 0) is 41.8 Å². The third-order valence-electron chi connectivity index (χ3n) is 6.20. The van der Waals surface area contributed by atoms with Crippen LogP contribution in [0, 0.1) is 13.8 Å². The van der Waals surface area contributed by atoms with Gasteiger partial charge in [0.1, 0.15) is 5.69 Å². The molecule has 6 rings (SSSR count). The van der Waals surface area contributed by atoms with Crippen LogP contribution in [0.2, 0.25) is 0 Å². The largest absolute Gasteiger partial charge is 0.260 e. The topological polar surface area (TPSA) is 85.2 Å². The van der Waals surface area contributed by atoms with Crippen LogP contribution >= 0.6 is 0 Å². The third-order valence-corrected chi connectivity index (χ3v) is 6.20. The lowest BCUT2D eigenvalue weighted by atomic mass is 9.98. The highest BCUT2D eigenvalue weighted by Crippen LogP contribution is 2.32. The van der Waals surface area contributed by atoms with Crippen LogP contribution in [-0.4, -0.2) is 35.4 Å². The molecule has 170 valence electrons. The second-order valence-electron chi connectivity index (χ2n) is 8.59. The van der Waals surface area contributed by atoms with E-state index in [0.717, 1.165) is 50.2 Å². The fourth-order valence-corrected chi connectivity index (χ4v) is 4.62. The second-order valence-corrected chi connectivity index (χ2v) is 8.59. The second kappa shape index (κ2) is 8.61. The smallest absolute Gasteiger partial charge is 0.205 e. The van der Waals surface area contributed by atoms with E-state index >= 15 is 0 Å². The van der Waals surface area contributed by atoms with E-state index in [2.05, 4.69) is 80.8 Å². The molecule has 0 saturated heterocycles. The van der Waals surface area contributed by atoms with Crippen LogP contribution in [0.5, 0.6) is 0 Å². The number of H-pyrrole nitrogens is 1. The van der Waals surface area contributed by atoms with E-state index in [1.54, 1.807) is 0 Å². The highest BCUT2D eigenvalue weighted by Gasteiger charge is 2.16. The molecule has 0 spiro atoms. The number of aromatic amines is 1. The van der Waals surface area contributed by atoms with Crippen molar-refractivity contribution in [3.63, 3.8) is 0 Å². The molecule has 3 aromatic heterocycles. The molecule has 0 bridgehead atoms. The zero-order valence-electron chi connectivity index (χ0n) is 19.5. The van der Waals surface area contributed by atoms with Gasteiger partial charge in [-0.1, -0.05) is 78.9 Å². The summed E-state index contributed by atoms with van der Waals surface area (Å²) >= 11 is 0. The third kappa shape index (κ3) is 3.87. The minimum Gasteiger partial charge on any atom is -0.260 e. The average Bonchev–Trinajstić information content (AvgIpc) is 3.54. The minimum atomic E-state index is 0.584. The van der Waals surface area contributed by atoms with Gasteiger partial charge in [-0.25, -0.2) is 0 Å². The van der Waals surface area contributed by atoms with Crippen molar-refractivity contribution in [1.29, 1.82) is 0 Å². The van der Waals surface area contributed by atoms with Crippen LogP contribution < -0.4 is 0 Å². The van der Waals surface area contributed by atoms with E-state index in [9.17, 15) is 0 Å². The molecule has 0 radical (unpaired) electrons. The van der Waals surface area contributed by atoms with Crippen molar-refractivity contribution in [2.24, 2.45) is 0 Å². The zero-order valence-corrected chi connectivity index (χ0v) is 19.5. The molecule has 6 aromatic rings. The molecular weight excluding hydrogens is 434 g/mol. The first-order chi connectivity index (χ1) is 17.2. The summed E-state index contributed by atoms with van der Waals surface area (Å²) in [5.74, 6) is 0.584. The monoisotopic (exact) mass is 457 g/mol. The molecule has 7 heteroatoms. The maximum absolute atomic E-state index is 5.03. The fraction of sp³-hybridized carbons (Fsp3) is 0.107. The molecule has 1 N–H and O–H groups in total. The number of aryl methyl sites for hydroxylation is 2. The van der Waals surface area contributed by atoms with Crippen LogP contribution in [0.3, 0.4) is 0 Å². The van der Waals surface area contributed by atoms with Gasteiger partial charge in [-0.3, -0.25) is 9.67 Å². The van der Waals surface area contributed by atoms with Crippen molar-refractivity contribution in [2.45, 2.75) is 20.4 Å². The van der Waals surface area contributed by atoms with Crippen molar-refractivity contribution in [3.8, 4) is 33.8 Å². The van der Waals surface area contributed by atoms with Crippen molar-refractivity contribution in [2.75, 3.05) is 0 Å². The van der Waals surface area contributed by atoms with Crippen molar-refractivity contribution < 1.29 is 0 Å². The molecule has 0 aliphatic rings. The van der Waals surface area contributed by atoms with Gasteiger partial charge in [0.15, 0.2) is 0 Å². The Morgan fingerprint density at radius 3 is 2.29 bits per heavy atom. The Balaban J connectivity index is 1.38. The van der Waals surface area contributed by atoms with Gasteiger partial charge in [-0.2, -0.15) is 10.3 Å². The Hall–Kier alpha value is -4.65. The summed E-state index contributed by atoms with van der Waals surface area (Å²) < 4.78 is 2.08. The summed E-state index contributed by atoms with van der Waals surface area (Å²) in [5, 5.41) is 20.7. The van der Waals surface area contributed by atoms with E-state index in [-0.39, 0.29) is 0 Å². The first kappa shape index (κ1) is 20.9. The Bertz CT molecular complexity index is 1620. The molecular formula is C28H23N7. The lowest BCUT2D eigenvalue weighted by Gasteiger charge is -2.09. The average molecular weight is 458 g/mol. The van der Waals surface area contributed by atoms with E-state index in [1.807, 2.05) is 43.3 Å². The fourth-order valence-electron chi connectivity index (χ4n) is 4.62. The van der Waals surface area contributed by atoms with Gasteiger partial charge < -0.3 is 0 Å². The van der Waals surface area contributed by atoms with Gasteiger partial charge >= 0.3 is 0 Å². The number of fused-ring (bicyclic) bond motifs is 1. The van der Waals surface area contributed by atoms with Crippen molar-refractivity contribution >= 4 is 10.9 Å². The molecule has 7 nitrogen and oxygen atoms in total. The number of hydrogen-bond acceptors (Lipinski definition) is 5. The van der Waals surface area contributed by atoms with Gasteiger partial charge in [0.2, 0.25) is 5.82 Å². The Morgan fingerprint density at radius 1 is 0.800 bits per heavy atom. The van der Waals surface area contributed by atoms with Crippen LogP contribution in [0.25, 0.3) is 44.7 Å². The number of pyridine rings is 1. The van der Waals surface area contributed by atoms with E-state index in [1.165, 1.54) is 5.56 Å². The van der Waals surface area contributed by atoms with Gasteiger partial charge in [0.25, 0.3) is 0 Å².